The zero-order valence-corrected chi connectivity index (χ0v) is 35.8. The van der Waals surface area contributed by atoms with Gasteiger partial charge in [-0.25, -0.2) is 0 Å². The number of benzene rings is 3. The smallest absolute Gasteiger partial charge is 0.317 e. The fraction of sp³-hybridized carbons (Fsp3) is 0.404. The van der Waals surface area contributed by atoms with Crippen molar-refractivity contribution in [2.45, 2.75) is 98.9 Å². The summed E-state index contributed by atoms with van der Waals surface area (Å²) in [6.45, 7) is -1.29. The van der Waals surface area contributed by atoms with Gasteiger partial charge in [0.1, 0.15) is 55.1 Å². The van der Waals surface area contributed by atoms with Gasteiger partial charge in [0.2, 0.25) is 12.0 Å². The van der Waals surface area contributed by atoms with E-state index < -0.39 is 85.2 Å². The van der Waals surface area contributed by atoms with Crippen LogP contribution in [-0.2, 0) is 45.1 Å². The van der Waals surface area contributed by atoms with E-state index in [4.69, 9.17) is 38.9 Å². The number of aliphatic carboxylic acids is 1. The Balaban J connectivity index is 1.14. The summed E-state index contributed by atoms with van der Waals surface area (Å²) in [5, 5.41) is 79.7. The molecule has 1 saturated heterocycles. The van der Waals surface area contributed by atoms with Gasteiger partial charge in [-0.1, -0.05) is 36.4 Å². The number of carboxylic acid groups (broad SMARTS) is 1. The normalized spacial score (nSPS) is 28.9. The Morgan fingerprint density at radius 3 is 2.57 bits per heavy atom. The molecule has 5 aliphatic heterocycles. The van der Waals surface area contributed by atoms with E-state index >= 15 is 0 Å². The van der Waals surface area contributed by atoms with Crippen molar-refractivity contribution in [1.82, 2.24) is 14.9 Å². The third-order valence-corrected chi connectivity index (χ3v) is 13.5. The Hall–Kier alpha value is -6.36. The molecule has 11 N–H and O–H groups in total. The van der Waals surface area contributed by atoms with Crippen LogP contribution in [0.15, 0.2) is 79.3 Å². The Labute approximate surface area is 381 Å². The van der Waals surface area contributed by atoms with Crippen LogP contribution in [0, 0.1) is 0 Å². The number of esters is 1. The van der Waals surface area contributed by atoms with Crippen molar-refractivity contribution >= 4 is 22.8 Å². The molecule has 0 saturated carbocycles. The summed E-state index contributed by atoms with van der Waals surface area (Å²) in [4.78, 5) is 27.4. The largest absolute Gasteiger partial charge is 0.489 e. The molecular formula is C47H50N4O16. The lowest BCUT2D eigenvalue weighted by Gasteiger charge is -2.55. The molecule has 1 spiro atoms. The molecule has 20 nitrogen and oxygen atoms in total. The molecule has 5 aliphatic rings. The third kappa shape index (κ3) is 7.40. The number of aliphatic hydroxyl groups is 6. The lowest BCUT2D eigenvalue weighted by molar-refractivity contribution is -0.354. The van der Waals surface area contributed by atoms with Crippen LogP contribution in [0.2, 0.25) is 0 Å². The Bertz CT molecular complexity index is 2720. The van der Waals surface area contributed by atoms with Gasteiger partial charge >= 0.3 is 11.9 Å². The maximum atomic E-state index is 12.8. The summed E-state index contributed by atoms with van der Waals surface area (Å²) in [5.41, 5.74) is 6.66. The van der Waals surface area contributed by atoms with E-state index in [1.807, 2.05) is 53.2 Å². The van der Waals surface area contributed by atoms with Crippen molar-refractivity contribution in [3.63, 3.8) is 0 Å². The minimum absolute atomic E-state index is 0.0315. The van der Waals surface area contributed by atoms with E-state index in [1.54, 1.807) is 18.3 Å². The number of nitrogens with zero attached hydrogens (tertiary/aromatic N) is 1. The lowest BCUT2D eigenvalue weighted by atomic mass is 9.73. The monoisotopic (exact) mass is 926 g/mol. The van der Waals surface area contributed by atoms with Crippen molar-refractivity contribution in [2.75, 3.05) is 20.0 Å². The van der Waals surface area contributed by atoms with Gasteiger partial charge in [-0.2, -0.15) is 0 Å². The zero-order valence-electron chi connectivity index (χ0n) is 35.8. The summed E-state index contributed by atoms with van der Waals surface area (Å²) in [6.07, 6.45) is -4.53. The summed E-state index contributed by atoms with van der Waals surface area (Å²) in [5.74, 6) is -1.92. The Morgan fingerprint density at radius 2 is 1.81 bits per heavy atom. The molecule has 1 fully saturated rings. The van der Waals surface area contributed by atoms with E-state index in [-0.39, 0.29) is 56.5 Å². The van der Waals surface area contributed by atoms with Crippen LogP contribution in [0.4, 0.5) is 0 Å². The molecule has 2 aromatic heterocycles. The Kier molecular flexibility index (Phi) is 11.5. The summed E-state index contributed by atoms with van der Waals surface area (Å²) < 4.78 is 46.3. The fourth-order valence-corrected chi connectivity index (χ4v) is 10.4. The van der Waals surface area contributed by atoms with Crippen molar-refractivity contribution in [2.24, 2.45) is 5.73 Å². The molecule has 10 rings (SSSR count). The van der Waals surface area contributed by atoms with E-state index in [0.29, 0.717) is 40.3 Å². The number of carbonyl (C=O) groups excluding carboxylic acids is 1. The van der Waals surface area contributed by atoms with Crippen LogP contribution in [-0.4, -0.2) is 125 Å². The predicted octanol–water partition coefficient (Wildman–Crippen LogP) is 1.09. The van der Waals surface area contributed by atoms with Crippen LogP contribution < -0.4 is 34.7 Å². The number of nitrogens with one attached hydrogen (secondary N) is 2. The van der Waals surface area contributed by atoms with Crippen molar-refractivity contribution in [3.05, 3.63) is 113 Å². The van der Waals surface area contributed by atoms with E-state index in [1.165, 1.54) is 12.3 Å². The standard InChI is InChI=1S/C47H50N4O16/c48-44-43(65-34(57)18-33(55)56)47(11-13-50-44)42(59)41(58)46(60)10-8-25-27(20-51-19-24-9-12-49-37(24)28(51)21-53)36-32(17-30(25)64-45(46)67-47)63-31(16-23-4-2-1-3-5-23)35-26-6-7-29(62-22-54)39(61-15-14-52)38(26)66-40(35)36/h1-7,9,11-13,17,19,31,35,40-45,49-50,52-54,58-60H,8,10,14-16,18,20-22,48H2,(H,55,56). The first-order valence-corrected chi connectivity index (χ1v) is 21.9. The minimum atomic E-state index is -2.30. The average molecular weight is 927 g/mol. The van der Waals surface area contributed by atoms with E-state index in [0.717, 1.165) is 22.0 Å². The fourth-order valence-electron chi connectivity index (χ4n) is 10.4. The van der Waals surface area contributed by atoms with Gasteiger partial charge in [0, 0.05) is 53.5 Å². The molecule has 67 heavy (non-hydrogen) atoms. The lowest BCUT2D eigenvalue weighted by Crippen LogP contribution is -2.77. The number of carboxylic acids is 1. The topological polar surface area (TPSA) is 299 Å². The van der Waals surface area contributed by atoms with Crippen molar-refractivity contribution in [3.8, 4) is 28.7 Å². The minimum Gasteiger partial charge on any atom is -0.489 e. The Morgan fingerprint density at radius 1 is 0.985 bits per heavy atom. The second-order valence-corrected chi connectivity index (χ2v) is 17.3. The van der Waals surface area contributed by atoms with Crippen LogP contribution in [0.5, 0.6) is 28.7 Å². The molecule has 354 valence electrons. The molecule has 7 heterocycles. The second kappa shape index (κ2) is 17.4. The first-order chi connectivity index (χ1) is 32.4. The highest BCUT2D eigenvalue weighted by Crippen LogP contribution is 2.61. The second-order valence-electron chi connectivity index (χ2n) is 17.3. The number of fused-ring (bicyclic) bond motifs is 8. The summed E-state index contributed by atoms with van der Waals surface area (Å²) in [7, 11) is 0. The van der Waals surface area contributed by atoms with Crippen LogP contribution >= 0.6 is 0 Å². The number of hydrogen-bond acceptors (Lipinski definition) is 17. The number of H-pyrrole nitrogens is 1. The quantitative estimate of drug-likeness (QED) is 0.0449. The number of aromatic nitrogens is 2. The molecule has 0 amide bonds. The molecule has 5 aromatic rings. The number of nitrogens with two attached hydrogens (primary N) is 1. The van der Waals surface area contributed by atoms with Gasteiger partial charge in [0.25, 0.3) is 0 Å². The highest BCUT2D eigenvalue weighted by molar-refractivity contribution is 5.90. The van der Waals surface area contributed by atoms with E-state index in [9.17, 15) is 45.3 Å². The SMILES string of the molecule is NC1NC=CC2(OC3Oc4cc5c(c(Cn6cc7cc[nH]c7c6CO)c4CCC3(O)C(O)C2O)C2Oc3c(ccc(OCO)c3OCCO)C2C(Cc2ccccc2)O5)C1OC(=O)CC(=O)O. The van der Waals surface area contributed by atoms with Crippen molar-refractivity contribution < 1.29 is 78.5 Å². The number of hydrogen-bond donors (Lipinski definition) is 10. The number of ether oxygens (including phenoxy) is 7. The zero-order chi connectivity index (χ0) is 46.8. The molecule has 0 aliphatic carbocycles. The van der Waals surface area contributed by atoms with Gasteiger partial charge in [-0.05, 0) is 48.4 Å². The van der Waals surface area contributed by atoms with Gasteiger partial charge in [-0.3, -0.25) is 9.59 Å². The highest BCUT2D eigenvalue weighted by Gasteiger charge is 2.66. The van der Waals surface area contributed by atoms with Gasteiger partial charge < -0.3 is 89.5 Å². The maximum absolute atomic E-state index is 12.8. The molecule has 10 unspecified atom stereocenters. The number of aliphatic hydroxyl groups excluding tert-OH is 5. The average Bonchev–Trinajstić information content (AvgIpc) is 3.99. The van der Waals surface area contributed by atoms with Crippen LogP contribution in [0.1, 0.15) is 58.4 Å². The molecule has 10 atom stereocenters. The maximum Gasteiger partial charge on any atom is 0.317 e. The third-order valence-electron chi connectivity index (χ3n) is 13.5. The van der Waals surface area contributed by atoms with E-state index in [2.05, 4.69) is 10.3 Å². The first kappa shape index (κ1) is 44.5. The van der Waals surface area contributed by atoms with Gasteiger partial charge in [-0.15, -0.1) is 0 Å². The summed E-state index contributed by atoms with van der Waals surface area (Å²) >= 11 is 0. The molecule has 3 aromatic carbocycles. The number of rotatable bonds is 13. The predicted molar refractivity (Wildman–Crippen MR) is 231 cm³/mol. The van der Waals surface area contributed by atoms with Gasteiger partial charge in [0.05, 0.1) is 30.3 Å². The first-order valence-electron chi connectivity index (χ1n) is 21.9. The molecule has 20 heteroatoms. The summed E-state index contributed by atoms with van der Waals surface area (Å²) in [6, 6.07) is 16.8. The van der Waals surface area contributed by atoms with Crippen LogP contribution in [0.3, 0.4) is 0 Å². The number of carbonyl (C=O) groups is 2. The van der Waals surface area contributed by atoms with Gasteiger partial charge in [0.15, 0.2) is 35.6 Å². The van der Waals surface area contributed by atoms with Crippen LogP contribution in [0.25, 0.3) is 10.9 Å². The molecule has 0 radical (unpaired) electrons. The molecular weight excluding hydrogens is 877 g/mol. The molecule has 0 bridgehead atoms. The highest BCUT2D eigenvalue weighted by atomic mass is 16.7. The van der Waals surface area contributed by atoms with Crippen molar-refractivity contribution in [1.29, 1.82) is 0 Å². The number of aromatic amines is 1.